The lowest BCUT2D eigenvalue weighted by Crippen LogP contribution is -2.08. The summed E-state index contributed by atoms with van der Waals surface area (Å²) in [6.07, 6.45) is 0. The van der Waals surface area contributed by atoms with Crippen LogP contribution < -0.4 is 15.4 Å². The minimum atomic E-state index is -0.328. The summed E-state index contributed by atoms with van der Waals surface area (Å²) in [5.41, 5.74) is 1.48. The molecule has 0 saturated heterocycles. The van der Waals surface area contributed by atoms with Crippen molar-refractivity contribution in [2.45, 2.75) is 13.8 Å². The summed E-state index contributed by atoms with van der Waals surface area (Å²) in [5, 5.41) is 5.94. The molecule has 0 aliphatic carbocycles. The minimum Gasteiger partial charge on any atom is -0.467 e. The van der Waals surface area contributed by atoms with E-state index in [1.165, 1.54) is 19.2 Å². The highest BCUT2D eigenvalue weighted by atomic mass is 19.1. The van der Waals surface area contributed by atoms with E-state index in [4.69, 9.17) is 4.74 Å². The molecule has 0 aliphatic heterocycles. The van der Waals surface area contributed by atoms with Crippen molar-refractivity contribution in [1.82, 2.24) is 15.0 Å². The number of hydrogen-bond donors (Lipinski definition) is 2. The Morgan fingerprint density at radius 2 is 1.95 bits per heavy atom. The summed E-state index contributed by atoms with van der Waals surface area (Å²) in [6, 6.07) is 4.66. The summed E-state index contributed by atoms with van der Waals surface area (Å²) >= 11 is 0. The molecule has 20 heavy (non-hydrogen) atoms. The Morgan fingerprint density at radius 3 is 2.65 bits per heavy atom. The third-order valence-electron chi connectivity index (χ3n) is 2.58. The van der Waals surface area contributed by atoms with Crippen molar-refractivity contribution in [1.29, 1.82) is 0 Å². The fraction of sp³-hybridized carbons (Fsp3) is 0.308. The Morgan fingerprint density at radius 1 is 1.20 bits per heavy atom. The number of anilines is 3. The van der Waals surface area contributed by atoms with Crippen LogP contribution in [0.2, 0.25) is 0 Å². The predicted molar refractivity (Wildman–Crippen MR) is 75.0 cm³/mol. The Bertz CT molecular complexity index is 605. The number of nitrogens with zero attached hydrogens (tertiary/aromatic N) is 3. The normalized spacial score (nSPS) is 10.2. The van der Waals surface area contributed by atoms with Crippen molar-refractivity contribution < 1.29 is 9.13 Å². The van der Waals surface area contributed by atoms with Crippen LogP contribution in [0.5, 0.6) is 6.01 Å². The molecule has 0 radical (unpaired) electrons. The van der Waals surface area contributed by atoms with Crippen LogP contribution >= 0.6 is 0 Å². The van der Waals surface area contributed by atoms with Crippen LogP contribution in [0.1, 0.15) is 12.5 Å². The summed E-state index contributed by atoms with van der Waals surface area (Å²) in [5.74, 6) is 0.364. The average Bonchev–Trinajstić information content (AvgIpc) is 2.43. The van der Waals surface area contributed by atoms with Gasteiger partial charge in [0.1, 0.15) is 5.82 Å². The van der Waals surface area contributed by atoms with Crippen LogP contribution in [0.4, 0.5) is 22.0 Å². The maximum absolute atomic E-state index is 13.3. The van der Waals surface area contributed by atoms with Gasteiger partial charge in [0.2, 0.25) is 11.9 Å². The van der Waals surface area contributed by atoms with Crippen LogP contribution in [-0.2, 0) is 0 Å². The van der Waals surface area contributed by atoms with Crippen molar-refractivity contribution in [3.63, 3.8) is 0 Å². The first-order chi connectivity index (χ1) is 9.62. The molecule has 7 heteroatoms. The molecule has 1 heterocycles. The van der Waals surface area contributed by atoms with Gasteiger partial charge in [0.15, 0.2) is 0 Å². The smallest absolute Gasteiger partial charge is 0.322 e. The van der Waals surface area contributed by atoms with E-state index in [0.717, 1.165) is 5.56 Å². The number of hydrogen-bond acceptors (Lipinski definition) is 6. The fourth-order valence-electron chi connectivity index (χ4n) is 1.59. The maximum Gasteiger partial charge on any atom is 0.322 e. The molecule has 0 atom stereocenters. The van der Waals surface area contributed by atoms with Crippen molar-refractivity contribution in [3.8, 4) is 6.01 Å². The van der Waals surface area contributed by atoms with Crippen LogP contribution in [0.3, 0.4) is 0 Å². The van der Waals surface area contributed by atoms with Gasteiger partial charge in [0, 0.05) is 12.2 Å². The predicted octanol–water partition coefficient (Wildman–Crippen LogP) is 2.50. The monoisotopic (exact) mass is 277 g/mol. The Hall–Kier alpha value is -2.44. The number of aryl methyl sites for hydroxylation is 1. The molecule has 0 fully saturated rings. The van der Waals surface area contributed by atoms with Gasteiger partial charge in [-0.3, -0.25) is 0 Å². The van der Waals surface area contributed by atoms with E-state index in [-0.39, 0.29) is 11.8 Å². The highest BCUT2D eigenvalue weighted by molar-refractivity contribution is 5.58. The van der Waals surface area contributed by atoms with Crippen LogP contribution in [0.15, 0.2) is 18.2 Å². The second-order valence-electron chi connectivity index (χ2n) is 4.08. The third kappa shape index (κ3) is 3.31. The van der Waals surface area contributed by atoms with Gasteiger partial charge >= 0.3 is 6.01 Å². The topological polar surface area (TPSA) is 72.0 Å². The molecule has 0 saturated carbocycles. The van der Waals surface area contributed by atoms with Gasteiger partial charge in [0.25, 0.3) is 0 Å². The maximum atomic E-state index is 13.3. The zero-order valence-corrected chi connectivity index (χ0v) is 11.6. The van der Waals surface area contributed by atoms with Crippen molar-refractivity contribution >= 4 is 17.6 Å². The highest BCUT2D eigenvalue weighted by Gasteiger charge is 2.08. The van der Waals surface area contributed by atoms with Gasteiger partial charge in [-0.1, -0.05) is 6.07 Å². The molecule has 106 valence electrons. The number of benzene rings is 1. The van der Waals surface area contributed by atoms with Gasteiger partial charge in [-0.25, -0.2) is 4.39 Å². The van der Waals surface area contributed by atoms with Crippen LogP contribution in [0.25, 0.3) is 0 Å². The summed E-state index contributed by atoms with van der Waals surface area (Å²) in [7, 11) is 1.47. The van der Waals surface area contributed by atoms with E-state index < -0.39 is 0 Å². The highest BCUT2D eigenvalue weighted by Crippen LogP contribution is 2.21. The number of nitrogens with one attached hydrogen (secondary N) is 2. The molecule has 6 nitrogen and oxygen atoms in total. The molecule has 2 rings (SSSR count). The summed E-state index contributed by atoms with van der Waals surface area (Å²) in [6.45, 7) is 4.47. The minimum absolute atomic E-state index is 0.188. The standard InChI is InChI=1S/C13H16FN5O/c1-4-15-11-17-12(19-13(18-11)20-3)16-10-7-9(14)6-5-8(10)2/h5-7H,4H2,1-3H3,(H2,15,16,17,18,19). The lowest BCUT2D eigenvalue weighted by atomic mass is 10.2. The number of aromatic nitrogens is 3. The van der Waals surface area contributed by atoms with Gasteiger partial charge in [-0.2, -0.15) is 15.0 Å². The zero-order chi connectivity index (χ0) is 14.5. The van der Waals surface area contributed by atoms with E-state index in [1.807, 2.05) is 13.8 Å². The van der Waals surface area contributed by atoms with Gasteiger partial charge < -0.3 is 15.4 Å². The Kier molecular flexibility index (Phi) is 4.29. The molecule has 2 aromatic rings. The van der Waals surface area contributed by atoms with E-state index in [9.17, 15) is 4.39 Å². The average molecular weight is 277 g/mol. The van der Waals surface area contributed by atoms with E-state index >= 15 is 0 Å². The molecular formula is C13H16FN5O. The van der Waals surface area contributed by atoms with Gasteiger partial charge in [-0.05, 0) is 31.5 Å². The van der Waals surface area contributed by atoms with Gasteiger partial charge in [-0.15, -0.1) is 0 Å². The quantitative estimate of drug-likeness (QED) is 0.875. The summed E-state index contributed by atoms with van der Waals surface area (Å²) in [4.78, 5) is 12.3. The molecule has 0 unspecified atom stereocenters. The van der Waals surface area contributed by atoms with Gasteiger partial charge in [0.05, 0.1) is 7.11 Å². The largest absolute Gasteiger partial charge is 0.467 e. The SMILES string of the molecule is CCNc1nc(Nc2cc(F)ccc2C)nc(OC)n1. The summed E-state index contributed by atoms with van der Waals surface area (Å²) < 4.78 is 18.3. The van der Waals surface area contributed by atoms with Crippen molar-refractivity contribution in [2.24, 2.45) is 0 Å². The van der Waals surface area contributed by atoms with Crippen molar-refractivity contribution in [2.75, 3.05) is 24.3 Å². The molecule has 0 bridgehead atoms. The molecule has 0 spiro atoms. The first-order valence-electron chi connectivity index (χ1n) is 6.19. The first-order valence-corrected chi connectivity index (χ1v) is 6.19. The van der Waals surface area contributed by atoms with Crippen LogP contribution in [-0.4, -0.2) is 28.6 Å². The molecule has 0 aliphatic rings. The zero-order valence-electron chi connectivity index (χ0n) is 11.6. The molecular weight excluding hydrogens is 261 g/mol. The van der Waals surface area contributed by atoms with E-state index in [2.05, 4.69) is 25.6 Å². The number of halogens is 1. The molecule has 0 amide bonds. The lowest BCUT2D eigenvalue weighted by molar-refractivity contribution is 0.379. The number of rotatable bonds is 5. The van der Waals surface area contributed by atoms with Crippen LogP contribution in [0, 0.1) is 12.7 Å². The Balaban J connectivity index is 2.32. The third-order valence-corrected chi connectivity index (χ3v) is 2.58. The number of methoxy groups -OCH3 is 1. The number of ether oxygens (including phenoxy) is 1. The first kappa shape index (κ1) is 14.0. The van der Waals surface area contributed by atoms with Crippen molar-refractivity contribution in [3.05, 3.63) is 29.6 Å². The molecule has 1 aromatic heterocycles. The molecule has 1 aromatic carbocycles. The second kappa shape index (κ2) is 6.14. The second-order valence-corrected chi connectivity index (χ2v) is 4.08. The lowest BCUT2D eigenvalue weighted by Gasteiger charge is -2.10. The fourth-order valence-corrected chi connectivity index (χ4v) is 1.59. The van der Waals surface area contributed by atoms with E-state index in [1.54, 1.807) is 6.07 Å². The molecule has 2 N–H and O–H groups in total. The Labute approximate surface area is 116 Å². The van der Waals surface area contributed by atoms with E-state index in [0.29, 0.717) is 24.1 Å².